The first-order valence-corrected chi connectivity index (χ1v) is 12.1. The monoisotopic (exact) mass is 524 g/mol. The maximum absolute atomic E-state index is 12.8. The van der Waals surface area contributed by atoms with Gasteiger partial charge in [0.15, 0.2) is 5.11 Å². The number of halogens is 1. The van der Waals surface area contributed by atoms with Crippen LogP contribution in [-0.4, -0.2) is 48.0 Å². The Balaban J connectivity index is 1.35. The molecule has 1 aliphatic rings. The van der Waals surface area contributed by atoms with Gasteiger partial charge in [-0.2, -0.15) is 0 Å². The zero-order valence-electron chi connectivity index (χ0n) is 18.3. The lowest BCUT2D eigenvalue weighted by Crippen LogP contribution is -2.48. The Morgan fingerprint density at radius 3 is 2.30 bits per heavy atom. The average Bonchev–Trinajstić information content (AvgIpc) is 2.84. The number of thiocarbonyl (C=S) groups is 1. The molecule has 6 nitrogen and oxygen atoms in total. The zero-order valence-corrected chi connectivity index (χ0v) is 20.7. The molecular formula is C25H25BrN4O2S. The minimum Gasteiger partial charge on any atom is -0.368 e. The molecule has 0 saturated carbocycles. The topological polar surface area (TPSA) is 64.7 Å². The molecule has 4 rings (SSSR count). The molecule has 0 unspecified atom stereocenters. The Bertz CT molecular complexity index is 1190. The Labute approximate surface area is 207 Å². The van der Waals surface area contributed by atoms with Crippen molar-refractivity contribution in [1.29, 1.82) is 0 Å². The second kappa shape index (κ2) is 10.3. The van der Waals surface area contributed by atoms with E-state index in [1.807, 2.05) is 66.4 Å². The van der Waals surface area contributed by atoms with Crippen LogP contribution < -0.4 is 15.5 Å². The number of piperazine rings is 1. The lowest BCUT2D eigenvalue weighted by Gasteiger charge is -2.36. The highest BCUT2D eigenvalue weighted by Gasteiger charge is 2.20. The number of rotatable bonds is 4. The van der Waals surface area contributed by atoms with Crippen molar-refractivity contribution in [2.75, 3.05) is 36.4 Å². The van der Waals surface area contributed by atoms with Gasteiger partial charge in [-0.15, -0.1) is 0 Å². The van der Waals surface area contributed by atoms with Gasteiger partial charge in [0.2, 0.25) is 5.91 Å². The van der Waals surface area contributed by atoms with Crippen LogP contribution in [0.25, 0.3) is 10.8 Å². The first-order chi connectivity index (χ1) is 16.0. The number of carbonyl (C=O) groups is 2. The van der Waals surface area contributed by atoms with Crippen LogP contribution in [0.2, 0.25) is 0 Å². The number of nitrogens with one attached hydrogen (secondary N) is 2. The number of nitrogens with zero attached hydrogens (tertiary/aromatic N) is 2. The molecule has 3 aromatic rings. The van der Waals surface area contributed by atoms with Gasteiger partial charge in [0.1, 0.15) is 0 Å². The third kappa shape index (κ3) is 5.34. The van der Waals surface area contributed by atoms with E-state index in [9.17, 15) is 9.59 Å². The molecule has 2 N–H and O–H groups in total. The summed E-state index contributed by atoms with van der Waals surface area (Å²) in [7, 11) is 0. The van der Waals surface area contributed by atoms with Crippen LogP contribution in [0.4, 0.5) is 11.4 Å². The highest BCUT2D eigenvalue weighted by atomic mass is 79.9. The van der Waals surface area contributed by atoms with Gasteiger partial charge >= 0.3 is 0 Å². The van der Waals surface area contributed by atoms with Crippen molar-refractivity contribution in [1.82, 2.24) is 10.2 Å². The van der Waals surface area contributed by atoms with Crippen LogP contribution >= 0.6 is 28.1 Å². The summed E-state index contributed by atoms with van der Waals surface area (Å²) < 4.78 is 0.939. The Hall–Kier alpha value is -2.97. The highest BCUT2D eigenvalue weighted by Crippen LogP contribution is 2.26. The molecule has 1 heterocycles. The minimum absolute atomic E-state index is 0.209. The number of benzene rings is 3. The van der Waals surface area contributed by atoms with Crippen molar-refractivity contribution >= 4 is 67.2 Å². The standard InChI is InChI=1S/C25H25BrN4O2S/c1-2-23(31)30-15-13-29(14-16-30)18-11-9-17(10-12-18)27-25(33)28-24(32)21-7-3-6-20-19(21)5-4-8-22(20)26/h3-12H,2,13-16H2,1H3,(H2,27,28,32,33). The fraction of sp³-hybridized carbons (Fsp3) is 0.240. The molecule has 8 heteroatoms. The van der Waals surface area contributed by atoms with E-state index in [2.05, 4.69) is 31.5 Å². The van der Waals surface area contributed by atoms with Crippen molar-refractivity contribution in [3.8, 4) is 0 Å². The van der Waals surface area contributed by atoms with Crippen molar-refractivity contribution < 1.29 is 9.59 Å². The van der Waals surface area contributed by atoms with E-state index >= 15 is 0 Å². The van der Waals surface area contributed by atoms with E-state index < -0.39 is 0 Å². The number of carbonyl (C=O) groups excluding carboxylic acids is 2. The lowest BCUT2D eigenvalue weighted by atomic mass is 10.0. The van der Waals surface area contributed by atoms with Gasteiger partial charge in [-0.25, -0.2) is 0 Å². The van der Waals surface area contributed by atoms with Crippen molar-refractivity contribution in [3.63, 3.8) is 0 Å². The summed E-state index contributed by atoms with van der Waals surface area (Å²) in [4.78, 5) is 28.9. The normalized spacial score (nSPS) is 13.6. The van der Waals surface area contributed by atoms with Gasteiger partial charge in [-0.05, 0) is 59.4 Å². The number of fused-ring (bicyclic) bond motifs is 1. The second-order valence-electron chi connectivity index (χ2n) is 7.82. The zero-order chi connectivity index (χ0) is 23.4. The molecule has 170 valence electrons. The van der Waals surface area contributed by atoms with E-state index in [0.29, 0.717) is 12.0 Å². The molecule has 0 bridgehead atoms. The third-order valence-electron chi connectivity index (χ3n) is 5.77. The minimum atomic E-state index is -0.257. The van der Waals surface area contributed by atoms with Crippen molar-refractivity contribution in [2.45, 2.75) is 13.3 Å². The van der Waals surface area contributed by atoms with Crippen LogP contribution in [0.15, 0.2) is 65.1 Å². The SMILES string of the molecule is CCC(=O)N1CCN(c2ccc(NC(=S)NC(=O)c3cccc4c(Br)cccc34)cc2)CC1. The van der Waals surface area contributed by atoms with E-state index in [0.717, 1.165) is 52.8 Å². The van der Waals surface area contributed by atoms with E-state index in [1.165, 1.54) is 0 Å². The maximum atomic E-state index is 12.8. The maximum Gasteiger partial charge on any atom is 0.258 e. The molecule has 0 aliphatic carbocycles. The predicted molar refractivity (Wildman–Crippen MR) is 141 cm³/mol. The summed E-state index contributed by atoms with van der Waals surface area (Å²) in [5.41, 5.74) is 2.46. The van der Waals surface area contributed by atoms with Gasteiger partial charge in [0.25, 0.3) is 5.91 Å². The van der Waals surface area contributed by atoms with Gasteiger partial charge in [0, 0.05) is 54.0 Å². The average molecular weight is 525 g/mol. The summed E-state index contributed by atoms with van der Waals surface area (Å²) >= 11 is 8.90. The van der Waals surface area contributed by atoms with Crippen LogP contribution in [0.5, 0.6) is 0 Å². The molecule has 0 radical (unpaired) electrons. The van der Waals surface area contributed by atoms with Gasteiger partial charge in [0.05, 0.1) is 0 Å². The molecular weight excluding hydrogens is 500 g/mol. The molecule has 1 saturated heterocycles. The first-order valence-electron chi connectivity index (χ1n) is 10.9. The predicted octanol–water partition coefficient (Wildman–Crippen LogP) is 4.79. The summed E-state index contributed by atoms with van der Waals surface area (Å²) in [5, 5.41) is 7.93. The van der Waals surface area contributed by atoms with E-state index in [1.54, 1.807) is 6.07 Å². The molecule has 1 aliphatic heterocycles. The molecule has 0 spiro atoms. The van der Waals surface area contributed by atoms with Crippen LogP contribution in [0, 0.1) is 0 Å². The molecule has 2 amide bonds. The van der Waals surface area contributed by atoms with Crippen LogP contribution in [0.3, 0.4) is 0 Å². The fourth-order valence-electron chi connectivity index (χ4n) is 4.00. The molecule has 3 aromatic carbocycles. The Kier molecular flexibility index (Phi) is 7.25. The highest BCUT2D eigenvalue weighted by molar-refractivity contribution is 9.10. The Morgan fingerprint density at radius 2 is 1.61 bits per heavy atom. The molecule has 0 atom stereocenters. The van der Waals surface area contributed by atoms with Crippen LogP contribution in [-0.2, 0) is 4.79 Å². The number of hydrogen-bond donors (Lipinski definition) is 2. The molecule has 1 fully saturated rings. The summed E-state index contributed by atoms with van der Waals surface area (Å²) in [6.45, 7) is 5.01. The molecule has 0 aromatic heterocycles. The largest absolute Gasteiger partial charge is 0.368 e. The summed E-state index contributed by atoms with van der Waals surface area (Å²) in [5.74, 6) is -0.0480. The van der Waals surface area contributed by atoms with Crippen molar-refractivity contribution in [3.05, 3.63) is 70.7 Å². The van der Waals surface area contributed by atoms with Gasteiger partial charge in [-0.1, -0.05) is 47.1 Å². The lowest BCUT2D eigenvalue weighted by molar-refractivity contribution is -0.131. The summed E-state index contributed by atoms with van der Waals surface area (Å²) in [6.07, 6.45) is 0.550. The van der Waals surface area contributed by atoms with Crippen molar-refractivity contribution in [2.24, 2.45) is 0 Å². The first kappa shape index (κ1) is 23.2. The fourth-order valence-corrected chi connectivity index (χ4v) is 4.70. The van der Waals surface area contributed by atoms with Gasteiger partial charge in [-0.3, -0.25) is 14.9 Å². The summed E-state index contributed by atoms with van der Waals surface area (Å²) in [6, 6.07) is 19.3. The number of hydrogen-bond acceptors (Lipinski definition) is 4. The van der Waals surface area contributed by atoms with E-state index in [-0.39, 0.29) is 16.9 Å². The Morgan fingerprint density at radius 1 is 0.939 bits per heavy atom. The van der Waals surface area contributed by atoms with E-state index in [4.69, 9.17) is 12.2 Å². The second-order valence-corrected chi connectivity index (χ2v) is 9.08. The smallest absolute Gasteiger partial charge is 0.258 e. The molecule has 33 heavy (non-hydrogen) atoms. The third-order valence-corrected chi connectivity index (χ3v) is 6.66. The van der Waals surface area contributed by atoms with Gasteiger partial charge < -0.3 is 15.1 Å². The number of amides is 2. The quantitative estimate of drug-likeness (QED) is 0.480. The number of anilines is 2. The van der Waals surface area contributed by atoms with Crippen LogP contribution in [0.1, 0.15) is 23.7 Å².